The van der Waals surface area contributed by atoms with Crippen molar-refractivity contribution in [1.82, 2.24) is 19.7 Å². The zero-order valence-corrected chi connectivity index (χ0v) is 11.9. The van der Waals surface area contributed by atoms with Gasteiger partial charge in [0.15, 0.2) is 5.82 Å². The molecule has 0 spiro atoms. The van der Waals surface area contributed by atoms with Crippen molar-refractivity contribution in [3.63, 3.8) is 0 Å². The van der Waals surface area contributed by atoms with Crippen molar-refractivity contribution in [3.8, 4) is 0 Å². The minimum absolute atomic E-state index is 0.192. The van der Waals surface area contributed by atoms with Crippen LogP contribution in [0.1, 0.15) is 18.7 Å². The van der Waals surface area contributed by atoms with E-state index in [1.54, 1.807) is 11.0 Å². The fraction of sp³-hybridized carbons (Fsp3) is 0.692. The van der Waals surface area contributed by atoms with Crippen LogP contribution in [-0.4, -0.2) is 59.2 Å². The molecule has 0 aliphatic carbocycles. The van der Waals surface area contributed by atoms with Crippen LogP contribution in [0.5, 0.6) is 0 Å². The Kier molecular flexibility index (Phi) is 5.35. The van der Waals surface area contributed by atoms with E-state index < -0.39 is 12.6 Å². The molecule has 118 valence electrons. The first-order valence-electron chi connectivity index (χ1n) is 6.86. The highest BCUT2D eigenvalue weighted by Crippen LogP contribution is 2.19. The molecule has 0 aromatic carbocycles. The number of ether oxygens (including phenoxy) is 1. The van der Waals surface area contributed by atoms with E-state index in [0.29, 0.717) is 12.4 Å². The molecular formula is C13H19F3N4O. The molecule has 0 saturated carbocycles. The van der Waals surface area contributed by atoms with Crippen molar-refractivity contribution in [1.29, 1.82) is 0 Å². The van der Waals surface area contributed by atoms with Crippen LogP contribution in [-0.2, 0) is 11.3 Å². The van der Waals surface area contributed by atoms with Gasteiger partial charge in [-0.15, -0.1) is 0 Å². The molecule has 0 atom stereocenters. The number of halogens is 3. The van der Waals surface area contributed by atoms with Crippen LogP contribution in [0.4, 0.5) is 13.2 Å². The van der Waals surface area contributed by atoms with E-state index in [1.807, 2.05) is 7.05 Å². The van der Waals surface area contributed by atoms with Crippen LogP contribution >= 0.6 is 0 Å². The molecule has 0 amide bonds. The second-order valence-corrected chi connectivity index (χ2v) is 5.06. The number of aromatic nitrogens is 3. The second kappa shape index (κ2) is 7.04. The quantitative estimate of drug-likeness (QED) is 0.754. The highest BCUT2D eigenvalue weighted by atomic mass is 19.4. The Labute approximate surface area is 121 Å². The molecule has 0 radical (unpaired) electrons. The molecule has 1 aromatic heterocycles. The summed E-state index contributed by atoms with van der Waals surface area (Å²) in [6, 6.07) is 0. The van der Waals surface area contributed by atoms with Crippen molar-refractivity contribution < 1.29 is 17.9 Å². The summed E-state index contributed by atoms with van der Waals surface area (Å²) >= 11 is 0. The normalized spacial score (nSPS) is 17.0. The molecule has 1 aliphatic rings. The van der Waals surface area contributed by atoms with Crippen LogP contribution in [0, 0.1) is 0 Å². The highest BCUT2D eigenvalue weighted by Gasteiger charge is 2.26. The largest absolute Gasteiger partial charge is 0.391 e. The standard InChI is InChI=1S/C13H19F3N4O/c1-19-5-2-3-11(9-19)12-17-10-20(18-12)6-8-21-7-4-13(14,15)16/h3,10H,2,4-9H2,1H3. The Morgan fingerprint density at radius 3 is 2.86 bits per heavy atom. The van der Waals surface area contributed by atoms with Crippen molar-refractivity contribution in [3.05, 3.63) is 18.2 Å². The molecule has 8 heteroatoms. The summed E-state index contributed by atoms with van der Waals surface area (Å²) in [6.07, 6.45) is -0.410. The second-order valence-electron chi connectivity index (χ2n) is 5.06. The number of rotatable bonds is 6. The molecule has 5 nitrogen and oxygen atoms in total. The van der Waals surface area contributed by atoms with Gasteiger partial charge in [0.2, 0.25) is 0 Å². The Balaban J connectivity index is 1.75. The minimum Gasteiger partial charge on any atom is -0.379 e. The Hall–Kier alpha value is -1.41. The smallest absolute Gasteiger partial charge is 0.379 e. The third-order valence-electron chi connectivity index (χ3n) is 3.16. The van der Waals surface area contributed by atoms with E-state index in [-0.39, 0.29) is 13.2 Å². The maximum Gasteiger partial charge on any atom is 0.391 e. The molecule has 1 aromatic rings. The number of likely N-dealkylation sites (N-methyl/N-ethyl adjacent to an activating group) is 1. The lowest BCUT2D eigenvalue weighted by molar-refractivity contribution is -0.145. The average molecular weight is 304 g/mol. The summed E-state index contributed by atoms with van der Waals surface area (Å²) in [5.41, 5.74) is 1.08. The van der Waals surface area contributed by atoms with E-state index in [1.165, 1.54) is 0 Å². The summed E-state index contributed by atoms with van der Waals surface area (Å²) in [4.78, 5) is 6.42. The van der Waals surface area contributed by atoms with Gasteiger partial charge in [0.1, 0.15) is 6.33 Å². The van der Waals surface area contributed by atoms with Crippen LogP contribution in [0.2, 0.25) is 0 Å². The fourth-order valence-electron chi connectivity index (χ4n) is 2.05. The maximum absolute atomic E-state index is 11.9. The van der Waals surface area contributed by atoms with Gasteiger partial charge in [-0.05, 0) is 13.5 Å². The van der Waals surface area contributed by atoms with Gasteiger partial charge in [0.05, 0.1) is 26.2 Å². The number of nitrogens with zero attached hydrogens (tertiary/aromatic N) is 4. The Morgan fingerprint density at radius 2 is 2.14 bits per heavy atom. The van der Waals surface area contributed by atoms with Gasteiger partial charge in [0.25, 0.3) is 0 Å². The first kappa shape index (κ1) is 16.0. The van der Waals surface area contributed by atoms with Gasteiger partial charge in [-0.2, -0.15) is 18.3 Å². The van der Waals surface area contributed by atoms with Crippen LogP contribution in [0.25, 0.3) is 5.57 Å². The topological polar surface area (TPSA) is 43.2 Å². The van der Waals surface area contributed by atoms with Gasteiger partial charge in [0, 0.05) is 18.7 Å². The number of alkyl halides is 3. The van der Waals surface area contributed by atoms with E-state index >= 15 is 0 Å². The highest BCUT2D eigenvalue weighted by molar-refractivity contribution is 5.61. The van der Waals surface area contributed by atoms with Crippen molar-refractivity contribution >= 4 is 5.57 Å². The lowest BCUT2D eigenvalue weighted by atomic mass is 10.1. The van der Waals surface area contributed by atoms with E-state index in [4.69, 9.17) is 4.74 Å². The predicted molar refractivity (Wildman–Crippen MR) is 71.6 cm³/mol. The summed E-state index contributed by atoms with van der Waals surface area (Å²) < 4.78 is 42.3. The number of hydrogen-bond donors (Lipinski definition) is 0. The molecule has 1 aliphatic heterocycles. The van der Waals surface area contributed by atoms with Crippen LogP contribution < -0.4 is 0 Å². The zero-order chi connectivity index (χ0) is 15.3. The molecule has 0 saturated heterocycles. The van der Waals surface area contributed by atoms with Crippen LogP contribution in [0.3, 0.4) is 0 Å². The molecule has 21 heavy (non-hydrogen) atoms. The first-order valence-corrected chi connectivity index (χ1v) is 6.86. The van der Waals surface area contributed by atoms with Gasteiger partial charge < -0.3 is 9.64 Å². The van der Waals surface area contributed by atoms with Gasteiger partial charge in [-0.1, -0.05) is 6.08 Å². The SMILES string of the molecule is CN1CCC=C(c2ncn(CCOCCC(F)(F)F)n2)C1. The van der Waals surface area contributed by atoms with E-state index in [9.17, 15) is 13.2 Å². The fourth-order valence-corrected chi connectivity index (χ4v) is 2.05. The summed E-state index contributed by atoms with van der Waals surface area (Å²) in [5.74, 6) is 0.678. The van der Waals surface area contributed by atoms with E-state index in [2.05, 4.69) is 21.1 Å². The van der Waals surface area contributed by atoms with Crippen LogP contribution in [0.15, 0.2) is 12.4 Å². The predicted octanol–water partition coefficient (Wildman–Crippen LogP) is 1.97. The lowest BCUT2D eigenvalue weighted by Gasteiger charge is -2.21. The summed E-state index contributed by atoms with van der Waals surface area (Å²) in [7, 11) is 2.04. The molecule has 0 unspecified atom stereocenters. The number of hydrogen-bond acceptors (Lipinski definition) is 4. The molecule has 0 bridgehead atoms. The average Bonchev–Trinajstić information content (AvgIpc) is 2.86. The summed E-state index contributed by atoms with van der Waals surface area (Å²) in [6.45, 7) is 2.11. The van der Waals surface area contributed by atoms with E-state index in [0.717, 1.165) is 25.1 Å². The van der Waals surface area contributed by atoms with Crippen molar-refractivity contribution in [2.45, 2.75) is 25.6 Å². The zero-order valence-electron chi connectivity index (χ0n) is 11.9. The molecule has 2 heterocycles. The maximum atomic E-state index is 11.9. The Morgan fingerprint density at radius 1 is 1.33 bits per heavy atom. The monoisotopic (exact) mass is 304 g/mol. The Bertz CT molecular complexity index is 484. The van der Waals surface area contributed by atoms with Crippen molar-refractivity contribution in [2.75, 3.05) is 33.4 Å². The first-order chi connectivity index (χ1) is 9.94. The minimum atomic E-state index is -4.17. The van der Waals surface area contributed by atoms with Gasteiger partial charge in [-0.3, -0.25) is 4.68 Å². The third-order valence-corrected chi connectivity index (χ3v) is 3.16. The molecule has 0 N–H and O–H groups in total. The molecule has 0 fully saturated rings. The van der Waals surface area contributed by atoms with Gasteiger partial charge >= 0.3 is 6.18 Å². The van der Waals surface area contributed by atoms with Crippen molar-refractivity contribution in [2.24, 2.45) is 0 Å². The molecule has 2 rings (SSSR count). The third kappa shape index (κ3) is 5.47. The van der Waals surface area contributed by atoms with Gasteiger partial charge in [-0.25, -0.2) is 4.98 Å². The molecular weight excluding hydrogens is 285 g/mol. The lowest BCUT2D eigenvalue weighted by Crippen LogP contribution is -2.25. The summed E-state index contributed by atoms with van der Waals surface area (Å²) in [5, 5.41) is 4.32.